The van der Waals surface area contributed by atoms with E-state index in [0.29, 0.717) is 30.0 Å². The van der Waals surface area contributed by atoms with E-state index in [4.69, 9.17) is 4.74 Å². The zero-order valence-corrected chi connectivity index (χ0v) is 16.6. The summed E-state index contributed by atoms with van der Waals surface area (Å²) in [7, 11) is 5.26. The number of methoxy groups -OCH3 is 1. The van der Waals surface area contributed by atoms with E-state index < -0.39 is 17.7 Å². The molecule has 2 N–H and O–H groups in total. The van der Waals surface area contributed by atoms with Crippen LogP contribution in [0.1, 0.15) is 17.2 Å². The van der Waals surface area contributed by atoms with Crippen LogP contribution < -0.4 is 4.74 Å². The summed E-state index contributed by atoms with van der Waals surface area (Å²) >= 11 is 0. The molecule has 7 heteroatoms. The third-order valence-corrected chi connectivity index (χ3v) is 4.88. The highest BCUT2D eigenvalue weighted by atomic mass is 16.5. The summed E-state index contributed by atoms with van der Waals surface area (Å²) in [5.41, 5.74) is 1.04. The normalized spacial score (nSPS) is 18.5. The highest BCUT2D eigenvalue weighted by molar-refractivity contribution is 6.46. The van der Waals surface area contributed by atoms with Gasteiger partial charge in [-0.15, -0.1) is 0 Å². The number of carbonyl (C=O) groups is 2. The maximum atomic E-state index is 12.9. The Labute approximate surface area is 169 Å². The molecule has 1 atom stereocenters. The van der Waals surface area contributed by atoms with Crippen molar-refractivity contribution in [2.45, 2.75) is 6.04 Å². The Morgan fingerprint density at radius 2 is 1.83 bits per heavy atom. The number of hydrogen-bond donors (Lipinski definition) is 2. The van der Waals surface area contributed by atoms with Crippen LogP contribution in [0.2, 0.25) is 0 Å². The second-order valence-electron chi connectivity index (χ2n) is 7.12. The minimum absolute atomic E-state index is 0.0210. The van der Waals surface area contributed by atoms with Gasteiger partial charge in [0.25, 0.3) is 11.7 Å². The fourth-order valence-corrected chi connectivity index (χ4v) is 3.35. The number of aliphatic hydroxyl groups excluding tert-OH is 1. The zero-order chi connectivity index (χ0) is 21.1. The lowest BCUT2D eigenvalue weighted by molar-refractivity contribution is -0.140. The minimum atomic E-state index is -0.748. The standard InChI is InChI=1S/C22H24N2O5/c1-23(2)11-12-24-19(14-7-9-16(25)10-8-14)18(21(27)22(24)28)20(26)15-5-4-6-17(13-15)29-3/h4-10,13,19,25-26H,11-12H2,1-3H3. The van der Waals surface area contributed by atoms with Crippen LogP contribution >= 0.6 is 0 Å². The van der Waals surface area contributed by atoms with E-state index in [-0.39, 0.29) is 17.1 Å². The summed E-state index contributed by atoms with van der Waals surface area (Å²) in [6.45, 7) is 0.874. The van der Waals surface area contributed by atoms with Gasteiger partial charge in [-0.05, 0) is 43.9 Å². The van der Waals surface area contributed by atoms with Gasteiger partial charge >= 0.3 is 0 Å². The van der Waals surface area contributed by atoms with Crippen LogP contribution in [0.15, 0.2) is 54.1 Å². The zero-order valence-electron chi connectivity index (χ0n) is 16.6. The molecule has 0 aliphatic carbocycles. The molecule has 2 aromatic carbocycles. The van der Waals surface area contributed by atoms with E-state index >= 15 is 0 Å². The van der Waals surface area contributed by atoms with Crippen molar-refractivity contribution in [2.24, 2.45) is 0 Å². The van der Waals surface area contributed by atoms with Crippen molar-refractivity contribution >= 4 is 17.4 Å². The first-order chi connectivity index (χ1) is 13.8. The highest BCUT2D eigenvalue weighted by Gasteiger charge is 2.45. The largest absolute Gasteiger partial charge is 0.508 e. The van der Waals surface area contributed by atoms with Crippen molar-refractivity contribution in [1.29, 1.82) is 0 Å². The molecule has 29 heavy (non-hydrogen) atoms. The summed E-state index contributed by atoms with van der Waals surface area (Å²) in [6, 6.07) is 12.2. The first kappa shape index (κ1) is 20.4. The third-order valence-electron chi connectivity index (χ3n) is 4.88. The number of nitrogens with zero attached hydrogens (tertiary/aromatic N) is 2. The molecule has 7 nitrogen and oxygen atoms in total. The Bertz CT molecular complexity index is 950. The number of rotatable bonds is 6. The predicted octanol–water partition coefficient (Wildman–Crippen LogP) is 2.38. The second kappa shape index (κ2) is 8.36. The summed E-state index contributed by atoms with van der Waals surface area (Å²) < 4.78 is 5.20. The van der Waals surface area contributed by atoms with Crippen LogP contribution in [-0.4, -0.2) is 66.0 Å². The molecule has 2 aromatic rings. The molecule has 1 heterocycles. The van der Waals surface area contributed by atoms with Gasteiger partial charge in [0.15, 0.2) is 0 Å². The number of ketones is 1. The molecule has 1 aliphatic rings. The number of ether oxygens (including phenoxy) is 1. The molecular formula is C22H24N2O5. The molecule has 1 unspecified atom stereocenters. The number of hydrogen-bond acceptors (Lipinski definition) is 6. The van der Waals surface area contributed by atoms with Gasteiger partial charge in [0.2, 0.25) is 0 Å². The van der Waals surface area contributed by atoms with Gasteiger partial charge in [-0.25, -0.2) is 0 Å². The number of likely N-dealkylation sites (N-methyl/N-ethyl adjacent to an activating group) is 1. The van der Waals surface area contributed by atoms with E-state index in [9.17, 15) is 19.8 Å². The number of Topliss-reactive ketones (excluding diaryl/α,β-unsaturated/α-hetero) is 1. The maximum absolute atomic E-state index is 12.9. The van der Waals surface area contributed by atoms with E-state index in [1.165, 1.54) is 24.1 Å². The molecule has 1 saturated heterocycles. The number of benzene rings is 2. The average Bonchev–Trinajstić information content (AvgIpc) is 2.97. The summed E-state index contributed by atoms with van der Waals surface area (Å²) in [6.07, 6.45) is 0. The summed E-state index contributed by atoms with van der Waals surface area (Å²) in [4.78, 5) is 29.0. The third kappa shape index (κ3) is 4.09. The highest BCUT2D eigenvalue weighted by Crippen LogP contribution is 2.39. The van der Waals surface area contributed by atoms with E-state index in [1.807, 2.05) is 19.0 Å². The van der Waals surface area contributed by atoms with Crippen molar-refractivity contribution in [1.82, 2.24) is 9.80 Å². The lowest BCUT2D eigenvalue weighted by Crippen LogP contribution is -2.35. The molecule has 0 spiro atoms. The monoisotopic (exact) mass is 396 g/mol. The molecule has 1 aliphatic heterocycles. The first-order valence-corrected chi connectivity index (χ1v) is 9.20. The van der Waals surface area contributed by atoms with E-state index in [2.05, 4.69) is 0 Å². The van der Waals surface area contributed by atoms with Crippen molar-refractivity contribution in [3.8, 4) is 11.5 Å². The minimum Gasteiger partial charge on any atom is -0.508 e. The molecule has 0 bridgehead atoms. The molecule has 0 radical (unpaired) electrons. The Morgan fingerprint density at radius 3 is 2.45 bits per heavy atom. The fraction of sp³-hybridized carbons (Fsp3) is 0.273. The van der Waals surface area contributed by atoms with E-state index in [0.717, 1.165) is 0 Å². The van der Waals surface area contributed by atoms with Gasteiger partial charge in [-0.2, -0.15) is 0 Å². The summed E-state index contributed by atoms with van der Waals surface area (Å²) in [5.74, 6) is -1.05. The second-order valence-corrected chi connectivity index (χ2v) is 7.12. The Morgan fingerprint density at radius 1 is 1.14 bits per heavy atom. The lowest BCUT2D eigenvalue weighted by Gasteiger charge is -2.26. The molecule has 1 fully saturated rings. The van der Waals surface area contributed by atoms with Crippen molar-refractivity contribution < 1.29 is 24.5 Å². The van der Waals surface area contributed by atoms with Crippen molar-refractivity contribution in [2.75, 3.05) is 34.3 Å². The van der Waals surface area contributed by atoms with Gasteiger partial charge in [-0.1, -0.05) is 24.3 Å². The molecule has 1 amide bonds. The number of aromatic hydroxyl groups is 1. The summed E-state index contributed by atoms with van der Waals surface area (Å²) in [5, 5.41) is 20.6. The Hall–Kier alpha value is -3.32. The maximum Gasteiger partial charge on any atom is 0.295 e. The van der Waals surface area contributed by atoms with Crippen molar-refractivity contribution in [3.63, 3.8) is 0 Å². The molecule has 0 aromatic heterocycles. The van der Waals surface area contributed by atoms with Gasteiger partial charge < -0.3 is 24.7 Å². The fourth-order valence-electron chi connectivity index (χ4n) is 3.35. The molecule has 152 valence electrons. The van der Waals surface area contributed by atoms with Crippen LogP contribution in [0, 0.1) is 0 Å². The Balaban J connectivity index is 2.14. The van der Waals surface area contributed by atoms with E-state index in [1.54, 1.807) is 36.4 Å². The van der Waals surface area contributed by atoms with Crippen LogP contribution in [-0.2, 0) is 9.59 Å². The number of phenolic OH excluding ortho intramolecular Hbond substituents is 1. The number of aliphatic hydroxyl groups is 1. The number of carbonyl (C=O) groups excluding carboxylic acids is 2. The molecular weight excluding hydrogens is 372 g/mol. The van der Waals surface area contributed by atoms with Gasteiger partial charge in [-0.3, -0.25) is 9.59 Å². The van der Waals surface area contributed by atoms with Crippen LogP contribution in [0.5, 0.6) is 11.5 Å². The van der Waals surface area contributed by atoms with Crippen LogP contribution in [0.4, 0.5) is 0 Å². The van der Waals surface area contributed by atoms with Gasteiger partial charge in [0, 0.05) is 18.7 Å². The van der Waals surface area contributed by atoms with Gasteiger partial charge in [0.1, 0.15) is 17.3 Å². The number of likely N-dealkylation sites (tertiary alicyclic amines) is 1. The quantitative estimate of drug-likeness (QED) is 0.443. The van der Waals surface area contributed by atoms with Crippen LogP contribution in [0.25, 0.3) is 5.76 Å². The van der Waals surface area contributed by atoms with Gasteiger partial charge in [0.05, 0.1) is 18.7 Å². The van der Waals surface area contributed by atoms with Crippen molar-refractivity contribution in [3.05, 3.63) is 65.2 Å². The lowest BCUT2D eigenvalue weighted by atomic mass is 9.95. The molecule has 3 rings (SSSR count). The SMILES string of the molecule is COc1cccc(C(O)=C2C(=O)C(=O)N(CCN(C)C)C2c2ccc(O)cc2)c1. The first-order valence-electron chi connectivity index (χ1n) is 9.20. The predicted molar refractivity (Wildman–Crippen MR) is 109 cm³/mol. The molecule has 0 saturated carbocycles. The topological polar surface area (TPSA) is 90.3 Å². The smallest absolute Gasteiger partial charge is 0.295 e. The Kier molecular flexibility index (Phi) is 5.89. The van der Waals surface area contributed by atoms with Crippen LogP contribution in [0.3, 0.4) is 0 Å². The number of amides is 1. The average molecular weight is 396 g/mol. The number of phenols is 1.